The largest absolute Gasteiger partial charge is 0.307 e. The van der Waals surface area contributed by atoms with Gasteiger partial charge in [0.25, 0.3) is 0 Å². The van der Waals surface area contributed by atoms with Crippen LogP contribution in [-0.4, -0.2) is 38.1 Å². The molecule has 1 atom stereocenters. The van der Waals surface area contributed by atoms with Gasteiger partial charge < -0.3 is 5.32 Å². The minimum atomic E-state index is -3.04. The highest BCUT2D eigenvalue weighted by Gasteiger charge is 2.25. The molecule has 1 heterocycles. The van der Waals surface area contributed by atoms with Crippen molar-refractivity contribution in [3.63, 3.8) is 0 Å². The maximum Gasteiger partial charge on any atom is 0.211 e. The maximum atomic E-state index is 11.5. The van der Waals surface area contributed by atoms with Gasteiger partial charge in [-0.3, -0.25) is 0 Å². The summed E-state index contributed by atoms with van der Waals surface area (Å²) in [6, 6.07) is 7.22. The first kappa shape index (κ1) is 16.5. The van der Waals surface area contributed by atoms with Crippen LogP contribution in [0.2, 0.25) is 0 Å². The number of piperidine rings is 1. The molecule has 1 aromatic rings. The van der Waals surface area contributed by atoms with Gasteiger partial charge in [-0.25, -0.2) is 12.7 Å². The number of hydrogen-bond donors (Lipinski definition) is 1. The Hall–Kier alpha value is -0.910. The van der Waals surface area contributed by atoms with Crippen LogP contribution in [0.25, 0.3) is 0 Å². The SMILES string of the molecule is Cc1ccc(C(C)NC2CCN(S(C)(=O)=O)CC2)c(C)c1. The highest BCUT2D eigenvalue weighted by atomic mass is 32.2. The molecule has 0 amide bonds. The van der Waals surface area contributed by atoms with E-state index in [0.29, 0.717) is 25.2 Å². The van der Waals surface area contributed by atoms with Crippen molar-refractivity contribution in [2.24, 2.45) is 0 Å². The Morgan fingerprint density at radius 2 is 1.86 bits per heavy atom. The molecule has 5 heteroatoms. The van der Waals surface area contributed by atoms with Gasteiger partial charge in [-0.2, -0.15) is 0 Å². The predicted octanol–water partition coefficient (Wildman–Crippen LogP) is 2.38. The van der Waals surface area contributed by atoms with Crippen molar-refractivity contribution < 1.29 is 8.42 Å². The van der Waals surface area contributed by atoms with E-state index in [1.165, 1.54) is 22.9 Å². The molecule has 21 heavy (non-hydrogen) atoms. The number of sulfonamides is 1. The minimum absolute atomic E-state index is 0.292. The molecule has 1 fully saturated rings. The maximum absolute atomic E-state index is 11.5. The van der Waals surface area contributed by atoms with E-state index in [0.717, 1.165) is 12.8 Å². The lowest BCUT2D eigenvalue weighted by Crippen LogP contribution is -2.45. The number of aryl methyl sites for hydroxylation is 2. The second-order valence-corrected chi connectivity index (χ2v) is 8.17. The molecule has 118 valence electrons. The Labute approximate surface area is 128 Å². The van der Waals surface area contributed by atoms with Crippen molar-refractivity contribution in [2.75, 3.05) is 19.3 Å². The van der Waals surface area contributed by atoms with E-state index < -0.39 is 10.0 Å². The summed E-state index contributed by atoms with van der Waals surface area (Å²) in [5.74, 6) is 0. The zero-order valence-electron chi connectivity index (χ0n) is 13.4. The molecule has 1 saturated heterocycles. The van der Waals surface area contributed by atoms with Crippen molar-refractivity contribution >= 4 is 10.0 Å². The third kappa shape index (κ3) is 4.28. The van der Waals surface area contributed by atoms with Crippen LogP contribution in [0.15, 0.2) is 18.2 Å². The normalized spacial score (nSPS) is 19.6. The van der Waals surface area contributed by atoms with Gasteiger partial charge in [0.2, 0.25) is 10.0 Å². The summed E-state index contributed by atoms with van der Waals surface area (Å²) in [7, 11) is -3.04. The van der Waals surface area contributed by atoms with E-state index >= 15 is 0 Å². The van der Waals surface area contributed by atoms with Crippen LogP contribution >= 0.6 is 0 Å². The average Bonchev–Trinajstić information content (AvgIpc) is 2.38. The summed E-state index contributed by atoms with van der Waals surface area (Å²) in [4.78, 5) is 0. The summed E-state index contributed by atoms with van der Waals surface area (Å²) < 4.78 is 24.6. The first-order valence-corrected chi connectivity index (χ1v) is 9.40. The van der Waals surface area contributed by atoms with Gasteiger partial charge in [-0.1, -0.05) is 23.8 Å². The van der Waals surface area contributed by atoms with Gasteiger partial charge in [0, 0.05) is 25.2 Å². The van der Waals surface area contributed by atoms with E-state index in [-0.39, 0.29) is 0 Å². The quantitative estimate of drug-likeness (QED) is 0.929. The molecule has 0 bridgehead atoms. The van der Waals surface area contributed by atoms with Crippen molar-refractivity contribution in [3.8, 4) is 0 Å². The van der Waals surface area contributed by atoms with Crippen molar-refractivity contribution in [1.29, 1.82) is 0 Å². The topological polar surface area (TPSA) is 49.4 Å². The average molecular weight is 310 g/mol. The van der Waals surface area contributed by atoms with Gasteiger partial charge in [-0.05, 0) is 44.7 Å². The molecule has 1 aliphatic heterocycles. The Bertz CT molecular complexity index is 590. The molecule has 1 unspecified atom stereocenters. The fraction of sp³-hybridized carbons (Fsp3) is 0.625. The van der Waals surface area contributed by atoms with Crippen molar-refractivity contribution in [1.82, 2.24) is 9.62 Å². The first-order valence-electron chi connectivity index (χ1n) is 7.55. The lowest BCUT2D eigenvalue weighted by atomic mass is 9.98. The fourth-order valence-electron chi connectivity index (χ4n) is 3.11. The van der Waals surface area contributed by atoms with Crippen LogP contribution < -0.4 is 5.32 Å². The minimum Gasteiger partial charge on any atom is -0.307 e. The summed E-state index contributed by atoms with van der Waals surface area (Å²) in [6.45, 7) is 7.68. The van der Waals surface area contributed by atoms with Gasteiger partial charge >= 0.3 is 0 Å². The van der Waals surface area contributed by atoms with Crippen LogP contribution in [0.3, 0.4) is 0 Å². The number of rotatable bonds is 4. The van der Waals surface area contributed by atoms with Gasteiger partial charge in [0.05, 0.1) is 6.26 Å². The fourth-order valence-corrected chi connectivity index (χ4v) is 3.98. The van der Waals surface area contributed by atoms with Gasteiger partial charge in [0.15, 0.2) is 0 Å². The third-order valence-electron chi connectivity index (χ3n) is 4.30. The van der Waals surface area contributed by atoms with E-state index in [1.54, 1.807) is 4.31 Å². The Morgan fingerprint density at radius 3 is 2.38 bits per heavy atom. The number of hydrogen-bond acceptors (Lipinski definition) is 3. The molecule has 2 rings (SSSR count). The lowest BCUT2D eigenvalue weighted by molar-refractivity contribution is 0.278. The molecule has 0 radical (unpaired) electrons. The highest BCUT2D eigenvalue weighted by Crippen LogP contribution is 2.21. The first-order chi connectivity index (χ1) is 9.77. The monoisotopic (exact) mass is 310 g/mol. The molecular weight excluding hydrogens is 284 g/mol. The number of benzene rings is 1. The van der Waals surface area contributed by atoms with E-state index in [9.17, 15) is 8.42 Å². The number of nitrogens with zero attached hydrogens (tertiary/aromatic N) is 1. The van der Waals surface area contributed by atoms with Crippen LogP contribution in [0, 0.1) is 13.8 Å². The molecule has 0 saturated carbocycles. The molecule has 1 N–H and O–H groups in total. The second-order valence-electron chi connectivity index (χ2n) is 6.18. The molecule has 1 aromatic carbocycles. The summed E-state index contributed by atoms with van der Waals surface area (Å²) in [5, 5.41) is 3.65. The number of nitrogens with one attached hydrogen (secondary N) is 1. The molecular formula is C16H26N2O2S. The lowest BCUT2D eigenvalue weighted by Gasteiger charge is -2.33. The van der Waals surface area contributed by atoms with Crippen LogP contribution in [0.4, 0.5) is 0 Å². The molecule has 0 aromatic heterocycles. The van der Waals surface area contributed by atoms with Crippen LogP contribution in [-0.2, 0) is 10.0 Å². The molecule has 4 nitrogen and oxygen atoms in total. The standard InChI is InChI=1S/C16H26N2O2S/c1-12-5-6-16(13(2)11-12)14(3)17-15-7-9-18(10-8-15)21(4,19)20/h5-6,11,14-15,17H,7-10H2,1-4H3. The van der Waals surface area contributed by atoms with Crippen LogP contribution in [0.1, 0.15) is 42.5 Å². The zero-order chi connectivity index (χ0) is 15.6. The third-order valence-corrected chi connectivity index (χ3v) is 5.60. The van der Waals surface area contributed by atoms with Gasteiger partial charge in [0.1, 0.15) is 0 Å². The van der Waals surface area contributed by atoms with Crippen molar-refractivity contribution in [2.45, 2.75) is 45.7 Å². The smallest absolute Gasteiger partial charge is 0.211 e. The van der Waals surface area contributed by atoms with E-state index in [4.69, 9.17) is 0 Å². The molecule has 0 spiro atoms. The Kier molecular flexibility index (Phi) is 5.07. The second kappa shape index (κ2) is 6.46. The highest BCUT2D eigenvalue weighted by molar-refractivity contribution is 7.88. The predicted molar refractivity (Wildman–Crippen MR) is 86.9 cm³/mol. The zero-order valence-corrected chi connectivity index (χ0v) is 14.2. The Morgan fingerprint density at radius 1 is 1.24 bits per heavy atom. The molecule has 0 aliphatic carbocycles. The van der Waals surface area contributed by atoms with Crippen LogP contribution in [0.5, 0.6) is 0 Å². The van der Waals surface area contributed by atoms with E-state index in [2.05, 4.69) is 44.3 Å². The summed E-state index contributed by atoms with van der Waals surface area (Å²) in [5.41, 5.74) is 3.92. The summed E-state index contributed by atoms with van der Waals surface area (Å²) >= 11 is 0. The van der Waals surface area contributed by atoms with Gasteiger partial charge in [-0.15, -0.1) is 0 Å². The van der Waals surface area contributed by atoms with E-state index in [1.807, 2.05) is 0 Å². The summed E-state index contributed by atoms with van der Waals surface area (Å²) in [6.07, 6.45) is 3.05. The Balaban J connectivity index is 1.94. The van der Waals surface area contributed by atoms with Crippen molar-refractivity contribution in [3.05, 3.63) is 34.9 Å². The molecule has 1 aliphatic rings.